The number of guanidine groups is 1. The molecule has 2 fully saturated rings. The van der Waals surface area contributed by atoms with Crippen molar-refractivity contribution in [2.45, 2.75) is 51.2 Å². The molecule has 0 bridgehead atoms. The lowest BCUT2D eigenvalue weighted by molar-refractivity contribution is 0.0168. The molecule has 0 amide bonds. The van der Waals surface area contributed by atoms with Gasteiger partial charge in [0, 0.05) is 26.3 Å². The smallest absolute Gasteiger partial charge is 0.191 e. The Hall–Kier alpha value is -1.10. The SMILES string of the molecule is CCNC(=NCC(c1ccc(OC)cc1)N1CCCC1)NCCCOCC1CCCO1.I. The quantitative estimate of drug-likeness (QED) is 0.176. The third kappa shape index (κ3) is 9.03. The van der Waals surface area contributed by atoms with Crippen LogP contribution in [0.15, 0.2) is 29.3 Å². The van der Waals surface area contributed by atoms with Gasteiger partial charge in [0.25, 0.3) is 0 Å². The molecule has 0 spiro atoms. The lowest BCUT2D eigenvalue weighted by Crippen LogP contribution is -2.39. The topological polar surface area (TPSA) is 67.4 Å². The number of likely N-dealkylation sites (tertiary alicyclic amines) is 1. The fraction of sp³-hybridized carbons (Fsp3) is 0.708. The fourth-order valence-corrected chi connectivity index (χ4v) is 4.20. The minimum atomic E-state index is 0. The Morgan fingerprint density at radius 2 is 1.97 bits per heavy atom. The van der Waals surface area contributed by atoms with Crippen molar-refractivity contribution in [3.8, 4) is 5.75 Å². The Bertz CT molecular complexity index is 647. The number of benzene rings is 1. The number of nitrogens with zero attached hydrogens (tertiary/aromatic N) is 2. The third-order valence-corrected chi connectivity index (χ3v) is 5.93. The Morgan fingerprint density at radius 3 is 2.62 bits per heavy atom. The van der Waals surface area contributed by atoms with Crippen molar-refractivity contribution in [2.75, 3.05) is 59.7 Å². The Kier molecular flexibility index (Phi) is 13.3. The molecule has 2 saturated heterocycles. The number of nitrogens with one attached hydrogen (secondary N) is 2. The molecule has 0 saturated carbocycles. The summed E-state index contributed by atoms with van der Waals surface area (Å²) in [6.07, 6.45) is 6.06. The normalized spacial score (nSPS) is 20.1. The van der Waals surface area contributed by atoms with E-state index in [1.807, 2.05) is 12.1 Å². The maximum absolute atomic E-state index is 5.76. The molecule has 182 valence electrons. The molecule has 2 unspecified atom stereocenters. The zero-order chi connectivity index (χ0) is 21.7. The number of aliphatic imine (C=N–C) groups is 1. The van der Waals surface area contributed by atoms with Gasteiger partial charge < -0.3 is 24.8 Å². The summed E-state index contributed by atoms with van der Waals surface area (Å²) in [5, 5.41) is 6.83. The predicted molar refractivity (Wildman–Crippen MR) is 140 cm³/mol. The summed E-state index contributed by atoms with van der Waals surface area (Å²) >= 11 is 0. The molecule has 2 aliphatic heterocycles. The molecule has 3 rings (SSSR count). The lowest BCUT2D eigenvalue weighted by atomic mass is 10.1. The van der Waals surface area contributed by atoms with E-state index in [-0.39, 0.29) is 24.0 Å². The van der Waals surface area contributed by atoms with Crippen molar-refractivity contribution in [1.29, 1.82) is 0 Å². The van der Waals surface area contributed by atoms with Gasteiger partial charge in [-0.2, -0.15) is 0 Å². The van der Waals surface area contributed by atoms with E-state index in [1.165, 1.54) is 18.4 Å². The average Bonchev–Trinajstić information content (AvgIpc) is 3.51. The second-order valence-corrected chi connectivity index (χ2v) is 8.24. The van der Waals surface area contributed by atoms with Crippen LogP contribution in [-0.4, -0.2) is 76.6 Å². The van der Waals surface area contributed by atoms with Gasteiger partial charge >= 0.3 is 0 Å². The minimum Gasteiger partial charge on any atom is -0.497 e. The molecule has 8 heteroatoms. The van der Waals surface area contributed by atoms with E-state index >= 15 is 0 Å². The van der Waals surface area contributed by atoms with Crippen LogP contribution >= 0.6 is 24.0 Å². The lowest BCUT2D eigenvalue weighted by Gasteiger charge is -2.27. The highest BCUT2D eigenvalue weighted by molar-refractivity contribution is 14.0. The van der Waals surface area contributed by atoms with E-state index in [0.717, 1.165) is 76.9 Å². The predicted octanol–water partition coefficient (Wildman–Crippen LogP) is 3.59. The van der Waals surface area contributed by atoms with Gasteiger partial charge in [-0.1, -0.05) is 12.1 Å². The number of halogens is 1. The zero-order valence-corrected chi connectivity index (χ0v) is 22.0. The van der Waals surface area contributed by atoms with Crippen LogP contribution in [0.1, 0.15) is 50.6 Å². The van der Waals surface area contributed by atoms with Gasteiger partial charge in [0.1, 0.15) is 5.75 Å². The van der Waals surface area contributed by atoms with E-state index in [2.05, 4.69) is 34.6 Å². The fourth-order valence-electron chi connectivity index (χ4n) is 4.20. The molecule has 2 aliphatic rings. The van der Waals surface area contributed by atoms with Gasteiger partial charge in [-0.05, 0) is 69.8 Å². The van der Waals surface area contributed by atoms with Crippen LogP contribution in [0.25, 0.3) is 0 Å². The van der Waals surface area contributed by atoms with Crippen molar-refractivity contribution >= 4 is 29.9 Å². The summed E-state index contributed by atoms with van der Waals surface area (Å²) in [7, 11) is 1.71. The number of hydrogen-bond donors (Lipinski definition) is 2. The van der Waals surface area contributed by atoms with Crippen LogP contribution in [0.3, 0.4) is 0 Å². The van der Waals surface area contributed by atoms with Crippen molar-refractivity contribution in [3.05, 3.63) is 29.8 Å². The summed E-state index contributed by atoms with van der Waals surface area (Å²) < 4.78 is 16.7. The highest BCUT2D eigenvalue weighted by atomic mass is 127. The van der Waals surface area contributed by atoms with Gasteiger partial charge in [0.15, 0.2) is 5.96 Å². The van der Waals surface area contributed by atoms with Crippen molar-refractivity contribution in [3.63, 3.8) is 0 Å². The van der Waals surface area contributed by atoms with Crippen molar-refractivity contribution in [1.82, 2.24) is 15.5 Å². The molecule has 0 aromatic heterocycles. The molecule has 1 aromatic rings. The minimum absolute atomic E-state index is 0. The van der Waals surface area contributed by atoms with E-state index in [1.54, 1.807) is 7.11 Å². The third-order valence-electron chi connectivity index (χ3n) is 5.93. The molecule has 0 radical (unpaired) electrons. The monoisotopic (exact) mass is 560 g/mol. The molecule has 1 aromatic carbocycles. The zero-order valence-electron chi connectivity index (χ0n) is 19.7. The van der Waals surface area contributed by atoms with Crippen molar-refractivity contribution < 1.29 is 14.2 Å². The second-order valence-electron chi connectivity index (χ2n) is 8.24. The van der Waals surface area contributed by atoms with Crippen LogP contribution in [0.5, 0.6) is 5.75 Å². The van der Waals surface area contributed by atoms with Crippen LogP contribution < -0.4 is 15.4 Å². The van der Waals surface area contributed by atoms with Crippen LogP contribution in [0.4, 0.5) is 0 Å². The average molecular weight is 561 g/mol. The maximum Gasteiger partial charge on any atom is 0.191 e. The van der Waals surface area contributed by atoms with Gasteiger partial charge in [-0.3, -0.25) is 9.89 Å². The summed E-state index contributed by atoms with van der Waals surface area (Å²) in [5.74, 6) is 1.77. The molecule has 0 aliphatic carbocycles. The standard InChI is InChI=1S/C24H40N4O3.HI/c1-3-25-24(26-13-7-16-30-19-22-8-6-17-31-22)27-18-23(28-14-4-5-15-28)20-9-11-21(29-2)12-10-20;/h9-12,22-23H,3-8,13-19H2,1-2H3,(H2,25,26,27);1H. The van der Waals surface area contributed by atoms with E-state index in [9.17, 15) is 0 Å². The second kappa shape index (κ2) is 15.7. The van der Waals surface area contributed by atoms with Gasteiger partial charge in [0.2, 0.25) is 0 Å². The molecule has 2 N–H and O–H groups in total. The molecule has 2 atom stereocenters. The first kappa shape index (κ1) is 27.1. The molecule has 7 nitrogen and oxygen atoms in total. The van der Waals surface area contributed by atoms with E-state index in [4.69, 9.17) is 19.2 Å². The summed E-state index contributed by atoms with van der Waals surface area (Å²) in [4.78, 5) is 7.47. The summed E-state index contributed by atoms with van der Waals surface area (Å²) in [6, 6.07) is 8.72. The first-order valence-corrected chi connectivity index (χ1v) is 11.9. The largest absolute Gasteiger partial charge is 0.497 e. The summed E-state index contributed by atoms with van der Waals surface area (Å²) in [5.41, 5.74) is 1.30. The Balaban J connectivity index is 0.00000363. The molecule has 2 heterocycles. The highest BCUT2D eigenvalue weighted by Crippen LogP contribution is 2.27. The van der Waals surface area contributed by atoms with E-state index < -0.39 is 0 Å². The Labute approximate surface area is 210 Å². The number of hydrogen-bond acceptors (Lipinski definition) is 5. The highest BCUT2D eigenvalue weighted by Gasteiger charge is 2.23. The van der Waals surface area contributed by atoms with E-state index in [0.29, 0.717) is 18.8 Å². The van der Waals surface area contributed by atoms with Crippen molar-refractivity contribution in [2.24, 2.45) is 4.99 Å². The van der Waals surface area contributed by atoms with Gasteiger partial charge in [0.05, 0.1) is 32.4 Å². The number of ether oxygens (including phenoxy) is 3. The number of methoxy groups -OCH3 is 1. The first-order chi connectivity index (χ1) is 15.3. The van der Waals surface area contributed by atoms with Gasteiger partial charge in [-0.25, -0.2) is 0 Å². The Morgan fingerprint density at radius 1 is 1.19 bits per heavy atom. The number of rotatable bonds is 12. The molecule has 32 heavy (non-hydrogen) atoms. The van der Waals surface area contributed by atoms with Crippen LogP contribution in [-0.2, 0) is 9.47 Å². The first-order valence-electron chi connectivity index (χ1n) is 11.9. The molecular weight excluding hydrogens is 519 g/mol. The summed E-state index contributed by atoms with van der Waals surface area (Å²) in [6.45, 7) is 9.14. The van der Waals surface area contributed by atoms with Crippen LogP contribution in [0, 0.1) is 0 Å². The van der Waals surface area contributed by atoms with Crippen LogP contribution in [0.2, 0.25) is 0 Å². The molecular formula is C24H41IN4O3. The maximum atomic E-state index is 5.76. The van der Waals surface area contributed by atoms with Gasteiger partial charge in [-0.15, -0.1) is 24.0 Å².